The highest BCUT2D eigenvalue weighted by Gasteiger charge is 2.26. The van der Waals surface area contributed by atoms with Crippen LogP contribution in [0.5, 0.6) is 0 Å². The molecular formula is C16H18F2N2O3S2. The predicted octanol–water partition coefficient (Wildman–Crippen LogP) is 2.38. The topological polar surface area (TPSA) is 58.6 Å². The first kappa shape index (κ1) is 18.4. The molecule has 1 fully saturated rings. The highest BCUT2D eigenvalue weighted by molar-refractivity contribution is 7.89. The molecule has 1 aromatic carbocycles. The van der Waals surface area contributed by atoms with Crippen LogP contribution in [0.15, 0.2) is 40.6 Å². The zero-order chi connectivity index (χ0) is 17.9. The second kappa shape index (κ2) is 7.88. The van der Waals surface area contributed by atoms with Gasteiger partial charge in [-0.15, -0.1) is 11.3 Å². The van der Waals surface area contributed by atoms with Gasteiger partial charge in [0.15, 0.2) is 11.6 Å². The van der Waals surface area contributed by atoms with Gasteiger partial charge in [0.25, 0.3) is 0 Å². The van der Waals surface area contributed by atoms with Crippen LogP contribution < -0.4 is 4.72 Å². The third-order valence-electron chi connectivity index (χ3n) is 4.03. The lowest BCUT2D eigenvalue weighted by atomic mass is 10.2. The molecule has 1 aliphatic heterocycles. The summed E-state index contributed by atoms with van der Waals surface area (Å²) >= 11 is 1.55. The van der Waals surface area contributed by atoms with Gasteiger partial charge in [-0.3, -0.25) is 4.90 Å². The molecule has 1 saturated heterocycles. The molecule has 0 radical (unpaired) electrons. The Hall–Kier alpha value is -1.39. The number of hydrogen-bond donors (Lipinski definition) is 1. The number of sulfonamides is 1. The van der Waals surface area contributed by atoms with Gasteiger partial charge in [0.05, 0.1) is 24.2 Å². The number of nitrogens with one attached hydrogen (secondary N) is 1. The van der Waals surface area contributed by atoms with E-state index in [4.69, 9.17) is 4.74 Å². The highest BCUT2D eigenvalue weighted by Crippen LogP contribution is 2.26. The zero-order valence-electron chi connectivity index (χ0n) is 13.3. The first-order valence-corrected chi connectivity index (χ1v) is 10.1. The highest BCUT2D eigenvalue weighted by atomic mass is 32.2. The standard InChI is InChI=1S/C16H18F2N2O3S2/c17-13-4-3-12(10-14(13)18)25(21,22)19-11-15(16-2-1-9-24-16)20-5-7-23-8-6-20/h1-4,9-10,15,19H,5-8,11H2. The fourth-order valence-electron chi connectivity index (χ4n) is 2.70. The molecule has 2 heterocycles. The second-order valence-corrected chi connectivity index (χ2v) is 8.35. The summed E-state index contributed by atoms with van der Waals surface area (Å²) in [5.41, 5.74) is 0. The molecule has 3 rings (SSSR count). The van der Waals surface area contributed by atoms with Crippen LogP contribution >= 0.6 is 11.3 Å². The van der Waals surface area contributed by atoms with Crippen molar-refractivity contribution in [3.8, 4) is 0 Å². The number of nitrogens with zero attached hydrogens (tertiary/aromatic N) is 1. The van der Waals surface area contributed by atoms with Crippen LogP contribution in [0.1, 0.15) is 10.9 Å². The van der Waals surface area contributed by atoms with Crippen LogP contribution in [-0.4, -0.2) is 46.2 Å². The Morgan fingerprint density at radius 2 is 1.96 bits per heavy atom. The maximum Gasteiger partial charge on any atom is 0.240 e. The van der Waals surface area contributed by atoms with Crippen molar-refractivity contribution >= 4 is 21.4 Å². The molecule has 5 nitrogen and oxygen atoms in total. The maximum atomic E-state index is 13.3. The summed E-state index contributed by atoms with van der Waals surface area (Å²) < 4.78 is 59.0. The largest absolute Gasteiger partial charge is 0.379 e. The summed E-state index contributed by atoms with van der Waals surface area (Å²) in [6, 6.07) is 6.28. The predicted molar refractivity (Wildman–Crippen MR) is 91.0 cm³/mol. The van der Waals surface area contributed by atoms with E-state index in [2.05, 4.69) is 9.62 Å². The molecule has 136 valence electrons. The van der Waals surface area contributed by atoms with E-state index >= 15 is 0 Å². The molecular weight excluding hydrogens is 370 g/mol. The van der Waals surface area contributed by atoms with Gasteiger partial charge in [-0.1, -0.05) is 6.07 Å². The van der Waals surface area contributed by atoms with Crippen molar-refractivity contribution in [1.29, 1.82) is 0 Å². The van der Waals surface area contributed by atoms with Crippen molar-refractivity contribution in [1.82, 2.24) is 9.62 Å². The Balaban J connectivity index is 1.76. The molecule has 0 amide bonds. The molecule has 0 spiro atoms. The lowest BCUT2D eigenvalue weighted by Gasteiger charge is -2.34. The summed E-state index contributed by atoms with van der Waals surface area (Å²) in [6.45, 7) is 2.74. The molecule has 2 aromatic rings. The lowest BCUT2D eigenvalue weighted by Crippen LogP contribution is -2.43. The van der Waals surface area contributed by atoms with Gasteiger partial charge in [0, 0.05) is 24.5 Å². The monoisotopic (exact) mass is 388 g/mol. The van der Waals surface area contributed by atoms with Crippen molar-refractivity contribution in [2.75, 3.05) is 32.8 Å². The van der Waals surface area contributed by atoms with E-state index < -0.39 is 21.7 Å². The minimum absolute atomic E-state index is 0.135. The zero-order valence-corrected chi connectivity index (χ0v) is 15.0. The third kappa shape index (κ3) is 4.42. The van der Waals surface area contributed by atoms with Gasteiger partial charge < -0.3 is 4.74 Å². The lowest BCUT2D eigenvalue weighted by molar-refractivity contribution is 0.0179. The van der Waals surface area contributed by atoms with Crippen molar-refractivity contribution < 1.29 is 21.9 Å². The van der Waals surface area contributed by atoms with Gasteiger partial charge >= 0.3 is 0 Å². The summed E-state index contributed by atoms with van der Waals surface area (Å²) in [5.74, 6) is -2.27. The van der Waals surface area contributed by atoms with Gasteiger partial charge in [-0.05, 0) is 29.6 Å². The fourth-order valence-corrected chi connectivity index (χ4v) is 4.61. The number of rotatable bonds is 6. The molecule has 1 aromatic heterocycles. The Morgan fingerprint density at radius 3 is 2.60 bits per heavy atom. The van der Waals surface area contributed by atoms with E-state index in [1.165, 1.54) is 0 Å². The molecule has 25 heavy (non-hydrogen) atoms. The van der Waals surface area contributed by atoms with E-state index in [-0.39, 0.29) is 17.5 Å². The van der Waals surface area contributed by atoms with Gasteiger partial charge in [0.1, 0.15) is 0 Å². The number of halogens is 2. The molecule has 0 saturated carbocycles. The Bertz CT molecular complexity index is 807. The first-order chi connectivity index (χ1) is 12.0. The van der Waals surface area contributed by atoms with Gasteiger partial charge in [-0.2, -0.15) is 0 Å². The number of ether oxygens (including phenoxy) is 1. The minimum atomic E-state index is -3.93. The molecule has 1 N–H and O–H groups in total. The summed E-state index contributed by atoms with van der Waals surface area (Å²) in [7, 11) is -3.93. The van der Waals surface area contributed by atoms with Crippen LogP contribution in [0.3, 0.4) is 0 Å². The van der Waals surface area contributed by atoms with Crippen molar-refractivity contribution in [3.63, 3.8) is 0 Å². The molecule has 9 heteroatoms. The van der Waals surface area contributed by atoms with Crippen molar-refractivity contribution in [3.05, 3.63) is 52.2 Å². The van der Waals surface area contributed by atoms with E-state index in [9.17, 15) is 17.2 Å². The van der Waals surface area contributed by atoms with Crippen molar-refractivity contribution in [2.45, 2.75) is 10.9 Å². The molecule has 0 bridgehead atoms. The fraction of sp³-hybridized carbons (Fsp3) is 0.375. The minimum Gasteiger partial charge on any atom is -0.379 e. The van der Waals surface area contributed by atoms with E-state index in [1.807, 2.05) is 17.5 Å². The smallest absolute Gasteiger partial charge is 0.240 e. The van der Waals surface area contributed by atoms with E-state index in [0.29, 0.717) is 32.4 Å². The Kier molecular flexibility index (Phi) is 5.80. The van der Waals surface area contributed by atoms with Gasteiger partial charge in [0.2, 0.25) is 10.0 Å². The number of thiophene rings is 1. The normalized spacial score (nSPS) is 17.5. The average Bonchev–Trinajstić information content (AvgIpc) is 3.12. The number of morpholine rings is 1. The third-order valence-corrected chi connectivity index (χ3v) is 6.42. The molecule has 1 aliphatic rings. The SMILES string of the molecule is O=S(=O)(NCC(c1cccs1)N1CCOCC1)c1ccc(F)c(F)c1. The Morgan fingerprint density at radius 1 is 1.20 bits per heavy atom. The average molecular weight is 388 g/mol. The van der Waals surface area contributed by atoms with Gasteiger partial charge in [-0.25, -0.2) is 21.9 Å². The molecule has 1 atom stereocenters. The summed E-state index contributed by atoms with van der Waals surface area (Å²) in [5, 5.41) is 1.94. The Labute approximate surface area is 149 Å². The summed E-state index contributed by atoms with van der Waals surface area (Å²) in [6.07, 6.45) is 0. The molecule has 0 aliphatic carbocycles. The van der Waals surface area contributed by atoms with Crippen molar-refractivity contribution in [2.24, 2.45) is 0 Å². The first-order valence-electron chi connectivity index (χ1n) is 7.77. The molecule has 1 unspecified atom stereocenters. The van der Waals surface area contributed by atoms with E-state index in [0.717, 1.165) is 17.0 Å². The second-order valence-electron chi connectivity index (χ2n) is 5.61. The van der Waals surface area contributed by atoms with Crippen LogP contribution in [0.2, 0.25) is 0 Å². The van der Waals surface area contributed by atoms with Crippen LogP contribution in [-0.2, 0) is 14.8 Å². The maximum absolute atomic E-state index is 13.3. The van der Waals surface area contributed by atoms with Crippen LogP contribution in [0, 0.1) is 11.6 Å². The van der Waals surface area contributed by atoms with Crippen LogP contribution in [0.4, 0.5) is 8.78 Å². The van der Waals surface area contributed by atoms with Crippen LogP contribution in [0.25, 0.3) is 0 Å². The number of hydrogen-bond acceptors (Lipinski definition) is 5. The quantitative estimate of drug-likeness (QED) is 0.826. The van der Waals surface area contributed by atoms with E-state index in [1.54, 1.807) is 11.3 Å². The number of benzene rings is 1. The summed E-state index contributed by atoms with van der Waals surface area (Å²) in [4.78, 5) is 2.90.